The Bertz CT molecular complexity index is 763. The topological polar surface area (TPSA) is 68.3 Å². The predicted octanol–water partition coefficient (Wildman–Crippen LogP) is 2.75. The lowest BCUT2D eigenvalue weighted by Crippen LogP contribution is -2.16. The molecule has 1 N–H and O–H groups in total. The summed E-state index contributed by atoms with van der Waals surface area (Å²) in [6.07, 6.45) is 2.02. The molecule has 0 radical (unpaired) electrons. The maximum atomic E-state index is 13.7. The van der Waals surface area contributed by atoms with E-state index in [1.54, 1.807) is 18.2 Å². The van der Waals surface area contributed by atoms with Crippen molar-refractivity contribution in [2.24, 2.45) is 5.92 Å². The molecule has 1 aromatic carbocycles. The molecule has 5 nitrogen and oxygen atoms in total. The highest BCUT2D eigenvalue weighted by Gasteiger charge is 2.45. The van der Waals surface area contributed by atoms with Crippen LogP contribution in [0.25, 0.3) is 0 Å². The van der Waals surface area contributed by atoms with Gasteiger partial charge >= 0.3 is 5.97 Å². The van der Waals surface area contributed by atoms with E-state index in [2.05, 4.69) is 15.0 Å². The van der Waals surface area contributed by atoms with Gasteiger partial charge in [0.25, 0.3) is 0 Å². The number of aromatic nitrogens is 1. The zero-order valence-electron chi connectivity index (χ0n) is 12.5. The molecule has 0 bridgehead atoms. The lowest BCUT2D eigenvalue weighted by atomic mass is 10.1. The average molecular weight is 314 g/mol. The monoisotopic (exact) mass is 314 g/mol. The number of hydrogen-bond donors (Lipinski definition) is 1. The average Bonchev–Trinajstić information content (AvgIpc) is 3.35. The maximum absolute atomic E-state index is 13.7. The first-order chi connectivity index (χ1) is 11.1. The number of rotatable bonds is 4. The summed E-state index contributed by atoms with van der Waals surface area (Å²) < 4.78 is 18.4. The Morgan fingerprint density at radius 1 is 1.30 bits per heavy atom. The normalized spacial score (nSPS) is 19.0. The third kappa shape index (κ3) is 3.21. The van der Waals surface area contributed by atoms with Crippen molar-refractivity contribution in [3.05, 3.63) is 59.5 Å². The van der Waals surface area contributed by atoms with Crippen LogP contribution >= 0.6 is 0 Å². The molecule has 1 amide bonds. The zero-order chi connectivity index (χ0) is 16.4. The van der Waals surface area contributed by atoms with Gasteiger partial charge in [0.1, 0.15) is 11.6 Å². The van der Waals surface area contributed by atoms with Crippen LogP contribution in [0.2, 0.25) is 0 Å². The van der Waals surface area contributed by atoms with E-state index in [1.165, 1.54) is 31.5 Å². The van der Waals surface area contributed by atoms with Gasteiger partial charge < -0.3 is 10.1 Å². The standard InChI is InChI=1S/C17H15FN2O3/c1-23-17(22)10-6-7-19-15(8-10)20-16(21)13-9-12(13)11-4-2-3-5-14(11)18/h2-8,12-13H,9H2,1H3,(H,19,20,21)/t12-,13+/m0/s1. The second kappa shape index (κ2) is 6.16. The summed E-state index contributed by atoms with van der Waals surface area (Å²) >= 11 is 0. The fourth-order valence-corrected chi connectivity index (χ4v) is 2.57. The van der Waals surface area contributed by atoms with E-state index in [-0.39, 0.29) is 29.4 Å². The van der Waals surface area contributed by atoms with Crippen LogP contribution in [-0.4, -0.2) is 24.0 Å². The van der Waals surface area contributed by atoms with E-state index in [1.807, 2.05) is 0 Å². The summed E-state index contributed by atoms with van der Waals surface area (Å²) in [6.45, 7) is 0. The number of hydrogen-bond acceptors (Lipinski definition) is 4. The van der Waals surface area contributed by atoms with Crippen molar-refractivity contribution in [2.75, 3.05) is 12.4 Å². The number of methoxy groups -OCH3 is 1. The third-order valence-corrected chi connectivity index (χ3v) is 3.86. The number of esters is 1. The number of anilines is 1. The number of nitrogens with one attached hydrogen (secondary N) is 1. The fourth-order valence-electron chi connectivity index (χ4n) is 2.57. The summed E-state index contributed by atoms with van der Waals surface area (Å²) in [7, 11) is 1.28. The number of nitrogens with zero attached hydrogens (tertiary/aromatic N) is 1. The van der Waals surface area contributed by atoms with E-state index in [0.29, 0.717) is 17.5 Å². The first-order valence-electron chi connectivity index (χ1n) is 7.20. The third-order valence-electron chi connectivity index (χ3n) is 3.86. The van der Waals surface area contributed by atoms with Crippen LogP contribution in [-0.2, 0) is 9.53 Å². The summed E-state index contributed by atoms with van der Waals surface area (Å²) in [4.78, 5) is 27.7. The lowest BCUT2D eigenvalue weighted by Gasteiger charge is -2.06. The maximum Gasteiger partial charge on any atom is 0.338 e. The Morgan fingerprint density at radius 3 is 2.83 bits per heavy atom. The molecule has 0 saturated heterocycles. The van der Waals surface area contributed by atoms with E-state index >= 15 is 0 Å². The van der Waals surface area contributed by atoms with Crippen LogP contribution in [0.15, 0.2) is 42.6 Å². The molecule has 0 aliphatic heterocycles. The van der Waals surface area contributed by atoms with Crippen LogP contribution in [0.4, 0.5) is 10.2 Å². The summed E-state index contributed by atoms with van der Waals surface area (Å²) in [5, 5.41) is 2.66. The van der Waals surface area contributed by atoms with Crippen molar-refractivity contribution in [2.45, 2.75) is 12.3 Å². The van der Waals surface area contributed by atoms with Gasteiger partial charge in [-0.15, -0.1) is 0 Å². The van der Waals surface area contributed by atoms with Gasteiger partial charge in [0.2, 0.25) is 5.91 Å². The fraction of sp³-hybridized carbons (Fsp3) is 0.235. The summed E-state index contributed by atoms with van der Waals surface area (Å²) in [5.74, 6) is -1.14. The highest BCUT2D eigenvalue weighted by molar-refractivity contribution is 5.96. The van der Waals surface area contributed by atoms with Crippen LogP contribution in [0.5, 0.6) is 0 Å². The van der Waals surface area contributed by atoms with Crippen LogP contribution in [0.1, 0.15) is 28.3 Å². The number of halogens is 1. The highest BCUT2D eigenvalue weighted by Crippen LogP contribution is 2.48. The van der Waals surface area contributed by atoms with E-state index in [4.69, 9.17) is 0 Å². The molecule has 1 aliphatic carbocycles. The Labute approximate surface area is 132 Å². The van der Waals surface area contributed by atoms with Crippen LogP contribution in [0, 0.1) is 11.7 Å². The van der Waals surface area contributed by atoms with Gasteiger partial charge in [-0.05, 0) is 36.1 Å². The minimum atomic E-state index is -0.501. The zero-order valence-corrected chi connectivity index (χ0v) is 12.5. The quantitative estimate of drug-likeness (QED) is 0.881. The molecule has 0 spiro atoms. The lowest BCUT2D eigenvalue weighted by molar-refractivity contribution is -0.117. The molecule has 2 aromatic rings. The smallest absolute Gasteiger partial charge is 0.338 e. The van der Waals surface area contributed by atoms with Gasteiger partial charge in [0.05, 0.1) is 12.7 Å². The van der Waals surface area contributed by atoms with Gasteiger partial charge in [-0.1, -0.05) is 18.2 Å². The molecule has 1 heterocycles. The number of ether oxygens (including phenoxy) is 1. The molecule has 118 valence electrons. The van der Waals surface area contributed by atoms with Gasteiger partial charge in [0, 0.05) is 12.1 Å². The summed E-state index contributed by atoms with van der Waals surface area (Å²) in [6, 6.07) is 9.42. The summed E-state index contributed by atoms with van der Waals surface area (Å²) in [5.41, 5.74) is 0.864. The van der Waals surface area contributed by atoms with Gasteiger partial charge in [0.15, 0.2) is 0 Å². The van der Waals surface area contributed by atoms with E-state index in [0.717, 1.165) is 0 Å². The molecule has 1 aromatic heterocycles. The number of carbonyl (C=O) groups is 2. The molecule has 3 rings (SSSR count). The van der Waals surface area contributed by atoms with Gasteiger partial charge in [-0.25, -0.2) is 14.2 Å². The molecule has 0 unspecified atom stereocenters. The SMILES string of the molecule is COC(=O)c1ccnc(NC(=O)[C@@H]2C[C@H]2c2ccccc2F)c1. The number of pyridine rings is 1. The number of carbonyl (C=O) groups excluding carboxylic acids is 2. The minimum Gasteiger partial charge on any atom is -0.465 e. The van der Waals surface area contributed by atoms with E-state index in [9.17, 15) is 14.0 Å². The van der Waals surface area contributed by atoms with Gasteiger partial charge in [-0.3, -0.25) is 4.79 Å². The van der Waals surface area contributed by atoms with Crippen molar-refractivity contribution in [1.82, 2.24) is 4.98 Å². The van der Waals surface area contributed by atoms with Gasteiger partial charge in [-0.2, -0.15) is 0 Å². The molecule has 1 fully saturated rings. The predicted molar refractivity (Wildman–Crippen MR) is 81.5 cm³/mol. The van der Waals surface area contributed by atoms with Crippen LogP contribution in [0.3, 0.4) is 0 Å². The Hall–Kier alpha value is -2.76. The Balaban J connectivity index is 1.67. The molecule has 6 heteroatoms. The second-order valence-electron chi connectivity index (χ2n) is 5.38. The van der Waals surface area contributed by atoms with Crippen molar-refractivity contribution in [3.63, 3.8) is 0 Å². The first-order valence-corrected chi connectivity index (χ1v) is 7.20. The van der Waals surface area contributed by atoms with Crippen molar-refractivity contribution in [3.8, 4) is 0 Å². The molecule has 23 heavy (non-hydrogen) atoms. The Kier molecular flexibility index (Phi) is 4.06. The molecular weight excluding hydrogens is 299 g/mol. The second-order valence-corrected chi connectivity index (χ2v) is 5.38. The number of benzene rings is 1. The minimum absolute atomic E-state index is 0.111. The van der Waals surface area contributed by atoms with Crippen molar-refractivity contribution >= 4 is 17.7 Å². The Morgan fingerprint density at radius 2 is 2.09 bits per heavy atom. The number of amides is 1. The largest absolute Gasteiger partial charge is 0.465 e. The molecule has 1 saturated carbocycles. The molecule has 1 aliphatic rings. The van der Waals surface area contributed by atoms with E-state index < -0.39 is 5.97 Å². The highest BCUT2D eigenvalue weighted by atomic mass is 19.1. The van der Waals surface area contributed by atoms with Crippen molar-refractivity contribution in [1.29, 1.82) is 0 Å². The first kappa shape index (κ1) is 15.1. The molecule has 2 atom stereocenters. The van der Waals surface area contributed by atoms with Crippen LogP contribution < -0.4 is 5.32 Å². The van der Waals surface area contributed by atoms with Crippen molar-refractivity contribution < 1.29 is 18.7 Å². The molecular formula is C17H15FN2O3.